The highest BCUT2D eigenvalue weighted by Crippen LogP contribution is 2.73. The van der Waals surface area contributed by atoms with Gasteiger partial charge >= 0.3 is 17.9 Å². The summed E-state index contributed by atoms with van der Waals surface area (Å²) in [6.07, 6.45) is 19.8. The van der Waals surface area contributed by atoms with Crippen LogP contribution in [0.3, 0.4) is 0 Å². The van der Waals surface area contributed by atoms with Crippen LogP contribution in [-0.4, -0.2) is 54.2 Å². The second kappa shape index (κ2) is 16.1. The number of hydrogen-bond donors (Lipinski definition) is 0. The second-order valence-corrected chi connectivity index (χ2v) is 17.8. The third-order valence-electron chi connectivity index (χ3n) is 15.0. The molecule has 4 aliphatic carbocycles. The topological polar surface area (TPSA) is 108 Å². The van der Waals surface area contributed by atoms with Crippen LogP contribution in [0.2, 0.25) is 0 Å². The maximum atomic E-state index is 14.0. The molecule has 11 atom stereocenters. The lowest BCUT2D eigenvalue weighted by molar-refractivity contribution is -0.167. The molecular formula is C44H66O8. The van der Waals surface area contributed by atoms with Crippen LogP contribution in [0.25, 0.3) is 0 Å². The predicted molar refractivity (Wildman–Crippen MR) is 199 cm³/mol. The number of rotatable bonds is 17. The standard InChI is InChI=1S/C44H66O8/c1-7-9-11-13-15-17-39(46)49-27-31-28(3)25-35(50-41(31)48)29(4)32-19-20-33-30-26-38-44(52-38)37(51-40(47)18-16-14-12-10-8-2)22-21-36(45)43(44,6)34(30)23-24-42(32,33)5/h21-22,29-30,32-35,37-38H,7-20,23-27H2,1-6H3/t29-,30-,32+,33-,34-,35+,37-,38+,42+,43-,44+/m0/s1. The Morgan fingerprint density at radius 3 is 2.25 bits per heavy atom. The van der Waals surface area contributed by atoms with Gasteiger partial charge in [-0.25, -0.2) is 4.79 Å². The summed E-state index contributed by atoms with van der Waals surface area (Å²) in [4.78, 5) is 52.6. The Hall–Kier alpha value is -2.48. The molecule has 2 heterocycles. The van der Waals surface area contributed by atoms with Crippen molar-refractivity contribution in [3.05, 3.63) is 23.3 Å². The van der Waals surface area contributed by atoms with Gasteiger partial charge in [0.1, 0.15) is 18.3 Å². The Morgan fingerprint density at radius 2 is 1.58 bits per heavy atom. The highest BCUT2D eigenvalue weighted by Gasteiger charge is 2.81. The SMILES string of the molecule is CCCCCCCC(=O)OCC1=C(C)C[C@H]([C@@H](C)[C@H]2CC[C@H]3[C@@H]4C[C@H]5O[C@]56[C@@H](OC(=O)CCCCCCC)C=CC(=O)[C@]6(C)[C@H]4CC[C@]23C)OC1=O. The summed E-state index contributed by atoms with van der Waals surface area (Å²) in [5, 5.41) is 0. The average molecular weight is 723 g/mol. The van der Waals surface area contributed by atoms with E-state index >= 15 is 0 Å². The molecule has 0 aromatic carbocycles. The Morgan fingerprint density at radius 1 is 0.904 bits per heavy atom. The second-order valence-electron chi connectivity index (χ2n) is 17.8. The fraction of sp³-hybridized carbons (Fsp3) is 0.818. The van der Waals surface area contributed by atoms with Crippen LogP contribution in [0.15, 0.2) is 23.3 Å². The molecule has 4 fully saturated rings. The maximum Gasteiger partial charge on any atom is 0.337 e. The largest absolute Gasteiger partial charge is 0.461 e. The zero-order chi connectivity index (χ0) is 37.3. The number of esters is 3. The highest BCUT2D eigenvalue weighted by molar-refractivity contribution is 5.98. The number of unbranched alkanes of at least 4 members (excludes halogenated alkanes) is 8. The fourth-order valence-corrected chi connectivity index (χ4v) is 11.9. The molecule has 0 amide bonds. The highest BCUT2D eigenvalue weighted by atomic mass is 16.7. The third-order valence-corrected chi connectivity index (χ3v) is 15.0. The van der Waals surface area contributed by atoms with E-state index < -0.39 is 17.1 Å². The Balaban J connectivity index is 1.08. The van der Waals surface area contributed by atoms with Gasteiger partial charge < -0.3 is 18.9 Å². The number of ketones is 1. The van der Waals surface area contributed by atoms with Crippen molar-refractivity contribution in [3.8, 4) is 0 Å². The molecule has 52 heavy (non-hydrogen) atoms. The summed E-state index contributed by atoms with van der Waals surface area (Å²) in [6, 6.07) is 0. The minimum absolute atomic E-state index is 0.0116. The van der Waals surface area contributed by atoms with Gasteiger partial charge in [-0.1, -0.05) is 84.6 Å². The van der Waals surface area contributed by atoms with Crippen molar-refractivity contribution in [2.24, 2.45) is 40.4 Å². The van der Waals surface area contributed by atoms with E-state index in [1.807, 2.05) is 6.92 Å². The number of carbonyl (C=O) groups is 4. The van der Waals surface area contributed by atoms with Crippen LogP contribution < -0.4 is 0 Å². The number of ether oxygens (including phenoxy) is 4. The molecule has 290 valence electrons. The summed E-state index contributed by atoms with van der Waals surface area (Å²) >= 11 is 0. The zero-order valence-electron chi connectivity index (χ0n) is 33.0. The molecule has 0 radical (unpaired) electrons. The van der Waals surface area contributed by atoms with Crippen LogP contribution in [0.5, 0.6) is 0 Å². The number of hydrogen-bond acceptors (Lipinski definition) is 8. The zero-order valence-corrected chi connectivity index (χ0v) is 33.0. The predicted octanol–water partition coefficient (Wildman–Crippen LogP) is 9.18. The van der Waals surface area contributed by atoms with Gasteiger partial charge in [0.05, 0.1) is 17.1 Å². The molecule has 0 N–H and O–H groups in total. The van der Waals surface area contributed by atoms with Crippen molar-refractivity contribution in [3.63, 3.8) is 0 Å². The van der Waals surface area contributed by atoms with E-state index in [-0.39, 0.29) is 59.8 Å². The smallest absolute Gasteiger partial charge is 0.337 e. The first-order chi connectivity index (χ1) is 24.9. The minimum Gasteiger partial charge on any atom is -0.461 e. The Labute approximate surface area is 312 Å². The summed E-state index contributed by atoms with van der Waals surface area (Å²) in [5.41, 5.74) is 0.0505. The minimum atomic E-state index is -0.752. The lowest BCUT2D eigenvalue weighted by atomic mass is 9.44. The molecular weight excluding hydrogens is 656 g/mol. The molecule has 6 aliphatic rings. The van der Waals surface area contributed by atoms with Crippen molar-refractivity contribution >= 4 is 23.7 Å². The van der Waals surface area contributed by atoms with Crippen LogP contribution >= 0.6 is 0 Å². The van der Waals surface area contributed by atoms with Crippen molar-refractivity contribution in [1.82, 2.24) is 0 Å². The molecule has 1 spiro atoms. The number of cyclic esters (lactones) is 1. The van der Waals surface area contributed by atoms with E-state index in [4.69, 9.17) is 18.9 Å². The first-order valence-corrected chi connectivity index (χ1v) is 21.1. The van der Waals surface area contributed by atoms with E-state index in [2.05, 4.69) is 34.6 Å². The third kappa shape index (κ3) is 7.08. The van der Waals surface area contributed by atoms with Gasteiger partial charge in [-0.15, -0.1) is 0 Å². The van der Waals surface area contributed by atoms with E-state index in [0.717, 1.165) is 82.6 Å². The summed E-state index contributed by atoms with van der Waals surface area (Å²) in [6.45, 7) is 13.1. The van der Waals surface area contributed by atoms with Gasteiger partial charge in [-0.05, 0) is 106 Å². The van der Waals surface area contributed by atoms with E-state index in [0.29, 0.717) is 42.6 Å². The first-order valence-electron chi connectivity index (χ1n) is 21.1. The molecule has 0 aromatic rings. The van der Waals surface area contributed by atoms with Crippen LogP contribution in [0.1, 0.15) is 157 Å². The molecule has 0 unspecified atom stereocenters. The Bertz CT molecular complexity index is 1410. The van der Waals surface area contributed by atoms with Gasteiger partial charge in [0, 0.05) is 19.3 Å². The van der Waals surface area contributed by atoms with E-state index in [1.165, 1.54) is 19.3 Å². The summed E-state index contributed by atoms with van der Waals surface area (Å²) in [7, 11) is 0. The number of carbonyl (C=O) groups excluding carboxylic acids is 4. The average Bonchev–Trinajstić information content (AvgIpc) is 3.74. The molecule has 0 bridgehead atoms. The van der Waals surface area contributed by atoms with Crippen molar-refractivity contribution in [2.75, 3.05) is 6.61 Å². The number of allylic oxidation sites excluding steroid dienone is 1. The molecule has 8 heteroatoms. The van der Waals surface area contributed by atoms with Gasteiger partial charge in [0.15, 0.2) is 11.9 Å². The fourth-order valence-electron chi connectivity index (χ4n) is 11.9. The Kier molecular flexibility index (Phi) is 12.1. The normalized spacial score (nSPS) is 38.1. The van der Waals surface area contributed by atoms with Crippen LogP contribution in [0.4, 0.5) is 0 Å². The van der Waals surface area contributed by atoms with Gasteiger partial charge in [0.2, 0.25) is 0 Å². The van der Waals surface area contributed by atoms with E-state index in [1.54, 1.807) is 12.2 Å². The number of epoxide rings is 1. The van der Waals surface area contributed by atoms with Gasteiger partial charge in [-0.2, -0.15) is 0 Å². The van der Waals surface area contributed by atoms with Crippen molar-refractivity contribution in [1.29, 1.82) is 0 Å². The maximum absolute atomic E-state index is 14.0. The lowest BCUT2D eigenvalue weighted by Gasteiger charge is -2.58. The van der Waals surface area contributed by atoms with E-state index in [9.17, 15) is 19.2 Å². The van der Waals surface area contributed by atoms with Crippen LogP contribution in [0, 0.1) is 40.4 Å². The molecule has 0 aromatic heterocycles. The summed E-state index contributed by atoms with van der Waals surface area (Å²) < 4.78 is 24.4. The quantitative estimate of drug-likeness (QED) is 0.0633. The summed E-state index contributed by atoms with van der Waals surface area (Å²) in [5.74, 6) is 0.885. The molecule has 6 rings (SSSR count). The van der Waals surface area contributed by atoms with Crippen molar-refractivity contribution in [2.45, 2.75) is 181 Å². The van der Waals surface area contributed by atoms with Gasteiger partial charge in [-0.3, -0.25) is 14.4 Å². The van der Waals surface area contributed by atoms with Crippen molar-refractivity contribution < 1.29 is 38.1 Å². The molecule has 1 saturated heterocycles. The van der Waals surface area contributed by atoms with Crippen LogP contribution in [-0.2, 0) is 38.1 Å². The monoisotopic (exact) mass is 722 g/mol. The first kappa shape index (κ1) is 39.2. The molecule has 3 saturated carbocycles. The molecule has 2 aliphatic heterocycles. The van der Waals surface area contributed by atoms with Gasteiger partial charge in [0.25, 0.3) is 0 Å². The molecule has 8 nitrogen and oxygen atoms in total. The lowest BCUT2D eigenvalue weighted by Crippen LogP contribution is -2.64. The number of fused-ring (bicyclic) bond motifs is 4.